The zero-order valence-electron chi connectivity index (χ0n) is 5.66. The van der Waals surface area contributed by atoms with E-state index in [2.05, 4.69) is 0 Å². The Morgan fingerprint density at radius 2 is 2.33 bits per heavy atom. The summed E-state index contributed by atoms with van der Waals surface area (Å²) in [6.45, 7) is 2.23. The van der Waals surface area contributed by atoms with Crippen LogP contribution in [0.25, 0.3) is 0 Å². The number of aliphatic hydroxyl groups excluding tert-OH is 1. The molecular weight excluding hydrogens is 118 g/mol. The van der Waals surface area contributed by atoms with Crippen molar-refractivity contribution in [3.05, 3.63) is 0 Å². The molecule has 0 bridgehead atoms. The Morgan fingerprint density at radius 3 is 2.44 bits per heavy atom. The standard InChI is InChI=1S/C6H11NO2/c1-4-5(8)3-7(2)6(4)9/h4-5,8H,3H2,1-2H3. The SMILES string of the molecule is CC1C(=O)N(C)CC1O. The normalized spacial score (nSPS) is 35.9. The largest absolute Gasteiger partial charge is 0.390 e. The van der Waals surface area contributed by atoms with Gasteiger partial charge in [-0.15, -0.1) is 0 Å². The number of carbonyl (C=O) groups excluding carboxylic acids is 1. The van der Waals surface area contributed by atoms with Crippen molar-refractivity contribution in [3.63, 3.8) is 0 Å². The van der Waals surface area contributed by atoms with Crippen molar-refractivity contribution >= 4 is 5.91 Å². The Labute approximate surface area is 54.3 Å². The van der Waals surface area contributed by atoms with Crippen molar-refractivity contribution in [1.29, 1.82) is 0 Å². The molecule has 9 heavy (non-hydrogen) atoms. The number of β-amino-alcohol motifs (C(OH)–C–C–N with tert-alkyl or cyclic N) is 1. The number of carbonyl (C=O) groups is 1. The summed E-state index contributed by atoms with van der Waals surface area (Å²) >= 11 is 0. The molecule has 2 unspecified atom stereocenters. The van der Waals surface area contributed by atoms with Crippen LogP contribution in [-0.4, -0.2) is 35.6 Å². The van der Waals surface area contributed by atoms with Gasteiger partial charge in [0.2, 0.25) is 5.91 Å². The summed E-state index contributed by atoms with van der Waals surface area (Å²) in [7, 11) is 1.70. The number of aliphatic hydroxyl groups is 1. The minimum Gasteiger partial charge on any atom is -0.390 e. The van der Waals surface area contributed by atoms with Crippen LogP contribution in [0.3, 0.4) is 0 Å². The summed E-state index contributed by atoms with van der Waals surface area (Å²) in [6, 6.07) is 0. The fraction of sp³-hybridized carbons (Fsp3) is 0.833. The fourth-order valence-corrected chi connectivity index (χ4v) is 1.04. The summed E-state index contributed by atoms with van der Waals surface area (Å²) in [4.78, 5) is 12.4. The first-order chi connectivity index (χ1) is 4.13. The molecule has 2 atom stereocenters. The molecule has 0 aromatic rings. The van der Waals surface area contributed by atoms with Gasteiger partial charge < -0.3 is 10.0 Å². The molecule has 1 N–H and O–H groups in total. The van der Waals surface area contributed by atoms with Crippen molar-refractivity contribution in [3.8, 4) is 0 Å². The van der Waals surface area contributed by atoms with Gasteiger partial charge in [0.1, 0.15) is 0 Å². The van der Waals surface area contributed by atoms with E-state index in [1.54, 1.807) is 18.9 Å². The van der Waals surface area contributed by atoms with Crippen molar-refractivity contribution in [1.82, 2.24) is 4.90 Å². The zero-order chi connectivity index (χ0) is 7.02. The molecule has 1 rings (SSSR count). The van der Waals surface area contributed by atoms with E-state index in [4.69, 9.17) is 5.11 Å². The minimum absolute atomic E-state index is 0.0440. The topological polar surface area (TPSA) is 40.5 Å². The fourth-order valence-electron chi connectivity index (χ4n) is 1.04. The predicted octanol–water partition coefficient (Wildman–Crippen LogP) is -0.545. The first-order valence-electron chi connectivity index (χ1n) is 3.06. The molecular formula is C6H11NO2. The minimum atomic E-state index is -0.456. The van der Waals surface area contributed by atoms with Gasteiger partial charge in [-0.05, 0) is 0 Å². The zero-order valence-corrected chi connectivity index (χ0v) is 5.66. The van der Waals surface area contributed by atoms with Gasteiger partial charge in [-0.3, -0.25) is 4.79 Å². The van der Waals surface area contributed by atoms with E-state index in [0.717, 1.165) is 0 Å². The molecule has 1 amide bonds. The molecule has 0 aromatic heterocycles. The van der Waals surface area contributed by atoms with Crippen molar-refractivity contribution < 1.29 is 9.90 Å². The Kier molecular flexibility index (Phi) is 1.45. The van der Waals surface area contributed by atoms with E-state index in [1.807, 2.05) is 0 Å². The molecule has 3 heteroatoms. The molecule has 0 saturated carbocycles. The van der Waals surface area contributed by atoms with E-state index in [0.29, 0.717) is 6.54 Å². The van der Waals surface area contributed by atoms with Gasteiger partial charge in [-0.25, -0.2) is 0 Å². The van der Waals surface area contributed by atoms with Crippen LogP contribution in [0, 0.1) is 5.92 Å². The van der Waals surface area contributed by atoms with Crippen LogP contribution in [0.2, 0.25) is 0 Å². The molecule has 0 aliphatic carbocycles. The third-order valence-electron chi connectivity index (χ3n) is 1.80. The number of hydrogen-bond donors (Lipinski definition) is 1. The summed E-state index contributed by atoms with van der Waals surface area (Å²) < 4.78 is 0. The second-order valence-corrected chi connectivity index (χ2v) is 2.57. The molecule has 1 saturated heterocycles. The number of amides is 1. The van der Waals surface area contributed by atoms with Crippen LogP contribution in [-0.2, 0) is 4.79 Å². The summed E-state index contributed by atoms with van der Waals surface area (Å²) in [6.07, 6.45) is -0.456. The molecule has 3 nitrogen and oxygen atoms in total. The Hall–Kier alpha value is -0.570. The van der Waals surface area contributed by atoms with E-state index >= 15 is 0 Å². The van der Waals surface area contributed by atoms with E-state index in [9.17, 15) is 4.79 Å². The number of likely N-dealkylation sites (N-methyl/N-ethyl adjacent to an activating group) is 1. The third-order valence-corrected chi connectivity index (χ3v) is 1.80. The van der Waals surface area contributed by atoms with Crippen LogP contribution < -0.4 is 0 Å². The highest BCUT2D eigenvalue weighted by Crippen LogP contribution is 2.15. The van der Waals surface area contributed by atoms with Crippen LogP contribution >= 0.6 is 0 Å². The second kappa shape index (κ2) is 1.99. The number of nitrogens with zero attached hydrogens (tertiary/aromatic N) is 1. The average Bonchev–Trinajstić information content (AvgIpc) is 1.98. The first-order valence-corrected chi connectivity index (χ1v) is 3.06. The first kappa shape index (κ1) is 6.55. The Morgan fingerprint density at radius 1 is 1.78 bits per heavy atom. The van der Waals surface area contributed by atoms with Crippen molar-refractivity contribution in [2.75, 3.05) is 13.6 Å². The third kappa shape index (κ3) is 0.920. The Bertz CT molecular complexity index is 135. The van der Waals surface area contributed by atoms with Gasteiger partial charge in [0.05, 0.1) is 12.0 Å². The smallest absolute Gasteiger partial charge is 0.227 e. The molecule has 1 fully saturated rings. The van der Waals surface area contributed by atoms with Crippen LogP contribution in [0.1, 0.15) is 6.92 Å². The number of rotatable bonds is 0. The lowest BCUT2D eigenvalue weighted by molar-refractivity contribution is -0.129. The summed E-state index contributed by atoms with van der Waals surface area (Å²) in [5, 5.41) is 9.08. The monoisotopic (exact) mass is 129 g/mol. The molecule has 1 aliphatic rings. The maximum Gasteiger partial charge on any atom is 0.227 e. The predicted molar refractivity (Wildman–Crippen MR) is 32.8 cm³/mol. The summed E-state index contributed by atoms with van der Waals surface area (Å²) in [5.41, 5.74) is 0. The number of hydrogen-bond acceptors (Lipinski definition) is 2. The molecule has 1 heterocycles. The lowest BCUT2D eigenvalue weighted by Crippen LogP contribution is -2.21. The molecule has 0 radical (unpaired) electrons. The average molecular weight is 129 g/mol. The van der Waals surface area contributed by atoms with Gasteiger partial charge in [-0.1, -0.05) is 6.92 Å². The van der Waals surface area contributed by atoms with Crippen molar-refractivity contribution in [2.45, 2.75) is 13.0 Å². The highest BCUT2D eigenvalue weighted by molar-refractivity contribution is 5.81. The van der Waals surface area contributed by atoms with Gasteiger partial charge in [0.15, 0.2) is 0 Å². The molecule has 0 aromatic carbocycles. The Balaban J connectivity index is 2.65. The lowest BCUT2D eigenvalue weighted by atomic mass is 10.1. The van der Waals surface area contributed by atoms with Crippen LogP contribution in [0.5, 0.6) is 0 Å². The van der Waals surface area contributed by atoms with E-state index in [-0.39, 0.29) is 11.8 Å². The maximum absolute atomic E-state index is 10.9. The molecule has 52 valence electrons. The summed E-state index contributed by atoms with van der Waals surface area (Å²) in [5.74, 6) is -0.155. The van der Waals surface area contributed by atoms with Gasteiger partial charge in [0.25, 0.3) is 0 Å². The second-order valence-electron chi connectivity index (χ2n) is 2.57. The molecule has 0 spiro atoms. The van der Waals surface area contributed by atoms with Crippen molar-refractivity contribution in [2.24, 2.45) is 5.92 Å². The highest BCUT2D eigenvalue weighted by atomic mass is 16.3. The van der Waals surface area contributed by atoms with Crippen LogP contribution in [0.4, 0.5) is 0 Å². The maximum atomic E-state index is 10.9. The highest BCUT2D eigenvalue weighted by Gasteiger charge is 2.33. The quantitative estimate of drug-likeness (QED) is 0.477. The van der Waals surface area contributed by atoms with E-state index < -0.39 is 6.10 Å². The van der Waals surface area contributed by atoms with Gasteiger partial charge in [0, 0.05) is 13.6 Å². The van der Waals surface area contributed by atoms with E-state index in [1.165, 1.54) is 0 Å². The number of likely N-dealkylation sites (tertiary alicyclic amines) is 1. The lowest BCUT2D eigenvalue weighted by Gasteiger charge is -2.04. The van der Waals surface area contributed by atoms with Crippen LogP contribution in [0.15, 0.2) is 0 Å². The van der Waals surface area contributed by atoms with Gasteiger partial charge >= 0.3 is 0 Å². The van der Waals surface area contributed by atoms with Gasteiger partial charge in [-0.2, -0.15) is 0 Å². The molecule has 1 aliphatic heterocycles.